The molecular formula is C37H25N2+. The fourth-order valence-corrected chi connectivity index (χ4v) is 7.23. The zero-order valence-corrected chi connectivity index (χ0v) is 21.9. The molecule has 0 amide bonds. The van der Waals surface area contributed by atoms with E-state index in [0.29, 0.717) is 0 Å². The number of nitrogens with zero attached hydrogens (tertiary/aromatic N) is 2. The van der Waals surface area contributed by atoms with Crippen molar-refractivity contribution in [2.45, 2.75) is 6.92 Å². The molecule has 2 aliphatic rings. The van der Waals surface area contributed by atoms with Crippen LogP contribution in [0.4, 0.5) is 17.1 Å². The predicted octanol–water partition coefficient (Wildman–Crippen LogP) is 9.38. The molecule has 7 aromatic rings. The molecule has 9 rings (SSSR count). The summed E-state index contributed by atoms with van der Waals surface area (Å²) in [6.45, 7) is 2.29. The lowest BCUT2D eigenvalue weighted by atomic mass is 9.82. The van der Waals surface area contributed by atoms with E-state index < -0.39 is 0 Å². The molecule has 0 saturated heterocycles. The van der Waals surface area contributed by atoms with Gasteiger partial charge in [0.25, 0.3) is 0 Å². The van der Waals surface area contributed by atoms with Crippen LogP contribution < -0.4 is 9.47 Å². The minimum absolute atomic E-state index is 1.24. The minimum Gasteiger partial charge on any atom is -0.307 e. The van der Waals surface area contributed by atoms with Crippen molar-refractivity contribution in [3.05, 3.63) is 121 Å². The van der Waals surface area contributed by atoms with E-state index in [4.69, 9.17) is 0 Å². The highest BCUT2D eigenvalue weighted by molar-refractivity contribution is 6.22. The molecule has 0 aliphatic carbocycles. The van der Waals surface area contributed by atoms with E-state index in [1.54, 1.807) is 0 Å². The highest BCUT2D eigenvalue weighted by Gasteiger charge is 2.37. The van der Waals surface area contributed by atoms with Crippen molar-refractivity contribution >= 4 is 49.4 Å². The lowest BCUT2D eigenvalue weighted by Crippen LogP contribution is -2.33. The van der Waals surface area contributed by atoms with Crippen LogP contribution in [-0.2, 0) is 7.05 Å². The van der Waals surface area contributed by atoms with Crippen LogP contribution in [0.2, 0.25) is 0 Å². The molecule has 0 unspecified atom stereocenters. The molecule has 1 aromatic heterocycles. The Hall–Kier alpha value is -4.95. The molecule has 2 heteroatoms. The highest BCUT2D eigenvalue weighted by Crippen LogP contribution is 2.58. The second-order valence-corrected chi connectivity index (χ2v) is 10.9. The molecule has 0 spiro atoms. The van der Waals surface area contributed by atoms with Crippen molar-refractivity contribution in [1.29, 1.82) is 0 Å². The Bertz CT molecular complexity index is 2200. The lowest BCUT2D eigenvalue weighted by Gasteiger charge is -2.37. The van der Waals surface area contributed by atoms with Gasteiger partial charge in [0, 0.05) is 17.0 Å². The summed E-state index contributed by atoms with van der Waals surface area (Å²) in [6.07, 6.45) is 2.21. The van der Waals surface area contributed by atoms with Gasteiger partial charge < -0.3 is 4.90 Å². The Kier molecular flexibility index (Phi) is 3.95. The van der Waals surface area contributed by atoms with Gasteiger partial charge in [-0.2, -0.15) is 0 Å². The van der Waals surface area contributed by atoms with E-state index >= 15 is 0 Å². The Morgan fingerprint density at radius 1 is 0.564 bits per heavy atom. The summed E-state index contributed by atoms with van der Waals surface area (Å²) in [4.78, 5) is 2.57. The second kappa shape index (κ2) is 7.33. The zero-order valence-electron chi connectivity index (χ0n) is 21.9. The topological polar surface area (TPSA) is 7.12 Å². The van der Waals surface area contributed by atoms with E-state index in [1.807, 2.05) is 0 Å². The molecule has 0 atom stereocenters. The smallest absolute Gasteiger partial charge is 0.224 e. The molecule has 0 N–H and O–H groups in total. The van der Waals surface area contributed by atoms with Gasteiger partial charge in [0.2, 0.25) is 5.69 Å². The van der Waals surface area contributed by atoms with E-state index in [9.17, 15) is 0 Å². The van der Waals surface area contributed by atoms with Crippen molar-refractivity contribution in [2.24, 2.45) is 7.05 Å². The number of aromatic nitrogens is 1. The maximum atomic E-state index is 2.57. The number of pyridine rings is 1. The van der Waals surface area contributed by atoms with E-state index in [-0.39, 0.29) is 0 Å². The van der Waals surface area contributed by atoms with Crippen LogP contribution in [0.5, 0.6) is 0 Å². The summed E-state index contributed by atoms with van der Waals surface area (Å²) in [6, 6.07) is 40.6. The summed E-state index contributed by atoms with van der Waals surface area (Å²) < 4.78 is 2.32. The predicted molar refractivity (Wildman–Crippen MR) is 163 cm³/mol. The normalized spacial score (nSPS) is 12.8. The van der Waals surface area contributed by atoms with Crippen molar-refractivity contribution in [1.82, 2.24) is 0 Å². The standard InChI is InChI=1S/C37H25N2/c1-22-26-12-4-3-9-25(26)21-32-33(22)37-35-24(19-20-38(37)2)17-18-30-28-14-6-5-13-27(28)29-15-7-10-23-11-8-16-31(34(23)29)39(32)36(30)35/h3-21H,1-2H3/q+1. The molecule has 0 bridgehead atoms. The lowest BCUT2D eigenvalue weighted by molar-refractivity contribution is -0.659. The summed E-state index contributed by atoms with van der Waals surface area (Å²) >= 11 is 0. The highest BCUT2D eigenvalue weighted by atomic mass is 15.2. The third-order valence-corrected chi connectivity index (χ3v) is 8.90. The number of hydrogen-bond acceptors (Lipinski definition) is 1. The van der Waals surface area contributed by atoms with Gasteiger partial charge in [0.15, 0.2) is 6.20 Å². The van der Waals surface area contributed by atoms with Crippen molar-refractivity contribution in [3.63, 3.8) is 0 Å². The van der Waals surface area contributed by atoms with Crippen molar-refractivity contribution < 1.29 is 4.57 Å². The number of fused-ring (bicyclic) bond motifs is 8. The average molecular weight is 498 g/mol. The molecule has 0 fully saturated rings. The Morgan fingerprint density at radius 2 is 1.26 bits per heavy atom. The summed E-state index contributed by atoms with van der Waals surface area (Å²) in [5.41, 5.74) is 12.8. The average Bonchev–Trinajstić information content (AvgIpc) is 2.97. The van der Waals surface area contributed by atoms with E-state index in [1.165, 1.54) is 88.5 Å². The van der Waals surface area contributed by atoms with Crippen LogP contribution in [-0.4, -0.2) is 0 Å². The van der Waals surface area contributed by atoms with Crippen LogP contribution in [0.3, 0.4) is 0 Å². The maximum Gasteiger partial charge on any atom is 0.224 e. The summed E-state index contributed by atoms with van der Waals surface area (Å²) in [5.74, 6) is 0. The fourth-order valence-electron chi connectivity index (χ4n) is 7.23. The van der Waals surface area contributed by atoms with Crippen molar-refractivity contribution in [3.8, 4) is 33.5 Å². The van der Waals surface area contributed by atoms with E-state index in [0.717, 1.165) is 0 Å². The molecule has 2 aliphatic heterocycles. The van der Waals surface area contributed by atoms with E-state index in [2.05, 4.69) is 139 Å². The molecule has 0 saturated carbocycles. The van der Waals surface area contributed by atoms with Crippen LogP contribution in [0.15, 0.2) is 115 Å². The van der Waals surface area contributed by atoms with Gasteiger partial charge in [-0.05, 0) is 62.9 Å². The van der Waals surface area contributed by atoms with Crippen LogP contribution in [0, 0.1) is 6.92 Å². The minimum atomic E-state index is 1.24. The maximum absolute atomic E-state index is 2.57. The number of rotatable bonds is 0. The van der Waals surface area contributed by atoms with Crippen LogP contribution >= 0.6 is 0 Å². The van der Waals surface area contributed by atoms with Gasteiger partial charge >= 0.3 is 0 Å². The van der Waals surface area contributed by atoms with Gasteiger partial charge in [-0.3, -0.25) is 0 Å². The van der Waals surface area contributed by atoms with Gasteiger partial charge in [-0.25, -0.2) is 4.57 Å². The SMILES string of the molecule is Cc1c2c(cc3ccccc13)N1c3cccc4cccc(c34)-c3ccccc3-c3ccc4cc[n+](C)c-2c4c31. The number of hydrogen-bond donors (Lipinski definition) is 0. The first-order valence-corrected chi connectivity index (χ1v) is 13.6. The van der Waals surface area contributed by atoms with Gasteiger partial charge in [0.05, 0.1) is 28.0 Å². The summed E-state index contributed by atoms with van der Waals surface area (Å²) in [7, 11) is 2.19. The Morgan fingerprint density at radius 3 is 2.13 bits per heavy atom. The molecule has 3 heterocycles. The Balaban J connectivity index is 1.60. The summed E-state index contributed by atoms with van der Waals surface area (Å²) in [5, 5.41) is 7.73. The van der Waals surface area contributed by atoms with Gasteiger partial charge in [-0.15, -0.1) is 0 Å². The molecule has 0 radical (unpaired) electrons. The third kappa shape index (κ3) is 2.58. The number of anilines is 3. The van der Waals surface area contributed by atoms with Crippen LogP contribution in [0.25, 0.3) is 65.8 Å². The monoisotopic (exact) mass is 497 g/mol. The fraction of sp³-hybridized carbons (Fsp3) is 0.0541. The third-order valence-electron chi connectivity index (χ3n) is 8.90. The Labute approximate surface area is 227 Å². The first-order valence-electron chi connectivity index (χ1n) is 13.6. The van der Waals surface area contributed by atoms with Gasteiger partial charge in [-0.1, -0.05) is 91.0 Å². The molecule has 2 nitrogen and oxygen atoms in total. The first-order chi connectivity index (χ1) is 19.2. The molecular weight excluding hydrogens is 472 g/mol. The number of benzene rings is 6. The van der Waals surface area contributed by atoms with Gasteiger partial charge in [0.1, 0.15) is 7.05 Å². The number of aryl methyl sites for hydroxylation is 2. The molecule has 182 valence electrons. The van der Waals surface area contributed by atoms with Crippen molar-refractivity contribution in [2.75, 3.05) is 4.90 Å². The molecule has 39 heavy (non-hydrogen) atoms. The quantitative estimate of drug-likeness (QED) is 0.189. The zero-order chi connectivity index (χ0) is 25.8. The van der Waals surface area contributed by atoms with Crippen LogP contribution in [0.1, 0.15) is 5.56 Å². The largest absolute Gasteiger partial charge is 0.307 e. The molecule has 6 aromatic carbocycles. The first kappa shape index (κ1) is 21.0. The second-order valence-electron chi connectivity index (χ2n) is 10.9.